The largest absolute Gasteiger partial charge is 0.377 e. The summed E-state index contributed by atoms with van der Waals surface area (Å²) in [5, 5.41) is 0. The molecule has 1 aromatic rings. The fourth-order valence-corrected chi connectivity index (χ4v) is 1.36. The number of ether oxygens (including phenoxy) is 1. The Kier molecular flexibility index (Phi) is 4.93. The first kappa shape index (κ1) is 11.8. The molecule has 15 heavy (non-hydrogen) atoms. The number of ketones is 1. The van der Waals surface area contributed by atoms with E-state index in [4.69, 9.17) is 4.74 Å². The molecule has 0 aliphatic rings. The summed E-state index contributed by atoms with van der Waals surface area (Å²) in [5.41, 5.74) is 1.15. The van der Waals surface area contributed by atoms with Crippen molar-refractivity contribution < 1.29 is 9.53 Å². The minimum atomic E-state index is 0.0917. The van der Waals surface area contributed by atoms with Gasteiger partial charge >= 0.3 is 0 Å². The van der Waals surface area contributed by atoms with Crippen LogP contribution in [0.2, 0.25) is 0 Å². The van der Waals surface area contributed by atoms with Crippen molar-refractivity contribution >= 4 is 5.78 Å². The van der Waals surface area contributed by atoms with Gasteiger partial charge in [0.2, 0.25) is 0 Å². The molecule has 0 radical (unpaired) electrons. The summed E-state index contributed by atoms with van der Waals surface area (Å²) >= 11 is 0. The van der Waals surface area contributed by atoms with Crippen LogP contribution in [0.5, 0.6) is 0 Å². The fraction of sp³-hybridized carbons (Fsp3) is 0.455. The molecule has 0 aliphatic carbocycles. The van der Waals surface area contributed by atoms with Crippen LogP contribution in [-0.2, 0) is 16.1 Å². The van der Waals surface area contributed by atoms with Crippen molar-refractivity contribution in [2.24, 2.45) is 0 Å². The molecule has 1 rings (SSSR count). The molecular weight excluding hydrogens is 192 g/mol. The standard InChI is InChI=1S/C11H16N2O2/c1-13(8-11(14)9-15-2)7-10-3-5-12-6-4-10/h3-6H,7-9H2,1-2H3. The minimum absolute atomic E-state index is 0.0917. The molecule has 1 heterocycles. The van der Waals surface area contributed by atoms with E-state index in [-0.39, 0.29) is 12.4 Å². The molecule has 0 fully saturated rings. The van der Waals surface area contributed by atoms with E-state index in [0.717, 1.165) is 12.1 Å². The van der Waals surface area contributed by atoms with Crippen LogP contribution in [0, 0.1) is 0 Å². The Morgan fingerprint density at radius 1 is 1.47 bits per heavy atom. The van der Waals surface area contributed by atoms with Gasteiger partial charge in [-0.05, 0) is 24.7 Å². The van der Waals surface area contributed by atoms with Gasteiger partial charge in [-0.25, -0.2) is 0 Å². The van der Waals surface area contributed by atoms with Crippen LogP contribution < -0.4 is 0 Å². The highest BCUT2D eigenvalue weighted by Crippen LogP contribution is 2.00. The second-order valence-corrected chi connectivity index (χ2v) is 3.50. The number of aromatic nitrogens is 1. The Balaban J connectivity index is 2.36. The monoisotopic (exact) mass is 208 g/mol. The van der Waals surface area contributed by atoms with Crippen LogP contribution in [0.25, 0.3) is 0 Å². The number of carbonyl (C=O) groups excluding carboxylic acids is 1. The third-order valence-electron chi connectivity index (χ3n) is 1.95. The molecule has 0 aromatic carbocycles. The third-order valence-corrected chi connectivity index (χ3v) is 1.95. The zero-order valence-corrected chi connectivity index (χ0v) is 9.14. The summed E-state index contributed by atoms with van der Waals surface area (Å²) in [6, 6.07) is 3.88. The van der Waals surface area contributed by atoms with Crippen LogP contribution >= 0.6 is 0 Å². The molecule has 0 saturated carbocycles. The molecule has 4 nitrogen and oxygen atoms in total. The lowest BCUT2D eigenvalue weighted by molar-refractivity contribution is -0.123. The van der Waals surface area contributed by atoms with Gasteiger partial charge in [0.15, 0.2) is 5.78 Å². The van der Waals surface area contributed by atoms with Crippen LogP contribution in [0.3, 0.4) is 0 Å². The molecule has 0 unspecified atom stereocenters. The molecule has 0 amide bonds. The van der Waals surface area contributed by atoms with Crippen LogP contribution in [0.15, 0.2) is 24.5 Å². The van der Waals surface area contributed by atoms with Crippen LogP contribution in [0.1, 0.15) is 5.56 Å². The van der Waals surface area contributed by atoms with Gasteiger partial charge in [0.25, 0.3) is 0 Å². The maximum Gasteiger partial charge on any atom is 0.172 e. The molecule has 0 atom stereocenters. The molecule has 0 bridgehead atoms. The minimum Gasteiger partial charge on any atom is -0.377 e. The average Bonchev–Trinajstić information content (AvgIpc) is 2.19. The number of Topliss-reactive ketones (excluding diaryl/α,β-unsaturated/α-hetero) is 1. The van der Waals surface area contributed by atoms with E-state index < -0.39 is 0 Å². The van der Waals surface area contributed by atoms with Gasteiger partial charge in [-0.2, -0.15) is 0 Å². The fourth-order valence-electron chi connectivity index (χ4n) is 1.36. The Morgan fingerprint density at radius 3 is 2.73 bits per heavy atom. The lowest BCUT2D eigenvalue weighted by Crippen LogP contribution is -2.27. The number of nitrogens with zero attached hydrogens (tertiary/aromatic N) is 2. The SMILES string of the molecule is COCC(=O)CN(C)Cc1ccncc1. The predicted octanol–water partition coefficient (Wildman–Crippen LogP) is 0.729. The van der Waals surface area contributed by atoms with Crippen molar-refractivity contribution in [2.45, 2.75) is 6.54 Å². The highest BCUT2D eigenvalue weighted by molar-refractivity contribution is 5.81. The Morgan fingerprint density at radius 2 is 2.13 bits per heavy atom. The van der Waals surface area contributed by atoms with Crippen molar-refractivity contribution in [3.8, 4) is 0 Å². The Hall–Kier alpha value is -1.26. The van der Waals surface area contributed by atoms with Crippen LogP contribution in [0.4, 0.5) is 0 Å². The number of likely N-dealkylation sites (N-methyl/N-ethyl adjacent to an activating group) is 1. The maximum absolute atomic E-state index is 11.3. The van der Waals surface area contributed by atoms with Crippen molar-refractivity contribution in [3.63, 3.8) is 0 Å². The zero-order chi connectivity index (χ0) is 11.1. The average molecular weight is 208 g/mol. The summed E-state index contributed by atoms with van der Waals surface area (Å²) in [7, 11) is 3.44. The summed E-state index contributed by atoms with van der Waals surface area (Å²) < 4.78 is 4.77. The highest BCUT2D eigenvalue weighted by atomic mass is 16.5. The van der Waals surface area contributed by atoms with Crippen LogP contribution in [-0.4, -0.2) is 43.0 Å². The van der Waals surface area contributed by atoms with Crippen molar-refractivity contribution in [3.05, 3.63) is 30.1 Å². The quantitative estimate of drug-likeness (QED) is 0.691. The van der Waals surface area contributed by atoms with Gasteiger partial charge in [0.1, 0.15) is 6.61 Å². The zero-order valence-electron chi connectivity index (χ0n) is 9.14. The van der Waals surface area contributed by atoms with E-state index >= 15 is 0 Å². The number of hydrogen-bond acceptors (Lipinski definition) is 4. The van der Waals surface area contributed by atoms with E-state index in [1.807, 2.05) is 24.1 Å². The highest BCUT2D eigenvalue weighted by Gasteiger charge is 2.06. The van der Waals surface area contributed by atoms with Gasteiger partial charge in [-0.1, -0.05) is 0 Å². The summed E-state index contributed by atoms with van der Waals surface area (Å²) in [4.78, 5) is 17.2. The smallest absolute Gasteiger partial charge is 0.172 e. The molecule has 0 N–H and O–H groups in total. The van der Waals surface area contributed by atoms with Crippen molar-refractivity contribution in [2.75, 3.05) is 27.3 Å². The molecule has 82 valence electrons. The Bertz CT molecular complexity index is 301. The second-order valence-electron chi connectivity index (χ2n) is 3.50. The number of methoxy groups -OCH3 is 1. The molecular formula is C11H16N2O2. The summed E-state index contributed by atoms with van der Waals surface area (Å²) in [6.07, 6.45) is 3.50. The van der Waals surface area contributed by atoms with E-state index in [2.05, 4.69) is 4.98 Å². The molecule has 0 spiro atoms. The first-order valence-electron chi connectivity index (χ1n) is 4.80. The lowest BCUT2D eigenvalue weighted by atomic mass is 10.2. The van der Waals surface area contributed by atoms with Gasteiger partial charge in [-0.15, -0.1) is 0 Å². The summed E-state index contributed by atoms with van der Waals surface area (Å²) in [6.45, 7) is 1.34. The number of hydrogen-bond donors (Lipinski definition) is 0. The summed E-state index contributed by atoms with van der Waals surface area (Å²) in [5.74, 6) is 0.0917. The first-order chi connectivity index (χ1) is 7.22. The number of carbonyl (C=O) groups is 1. The number of pyridine rings is 1. The normalized spacial score (nSPS) is 10.6. The van der Waals surface area contributed by atoms with E-state index in [1.54, 1.807) is 12.4 Å². The third kappa shape index (κ3) is 4.67. The van der Waals surface area contributed by atoms with Crippen molar-refractivity contribution in [1.82, 2.24) is 9.88 Å². The molecule has 1 aromatic heterocycles. The molecule has 0 aliphatic heterocycles. The van der Waals surface area contributed by atoms with E-state index in [9.17, 15) is 4.79 Å². The van der Waals surface area contributed by atoms with Crippen molar-refractivity contribution in [1.29, 1.82) is 0 Å². The van der Waals surface area contributed by atoms with E-state index in [1.165, 1.54) is 7.11 Å². The van der Waals surface area contributed by atoms with Gasteiger partial charge in [-0.3, -0.25) is 14.7 Å². The second kappa shape index (κ2) is 6.27. The van der Waals surface area contributed by atoms with Gasteiger partial charge in [0.05, 0.1) is 6.54 Å². The Labute approximate surface area is 89.9 Å². The molecule has 0 saturated heterocycles. The number of rotatable bonds is 6. The molecule has 4 heteroatoms. The van der Waals surface area contributed by atoms with E-state index in [0.29, 0.717) is 6.54 Å². The topological polar surface area (TPSA) is 42.4 Å². The first-order valence-corrected chi connectivity index (χ1v) is 4.80. The lowest BCUT2D eigenvalue weighted by Gasteiger charge is -2.15. The van der Waals surface area contributed by atoms with Gasteiger partial charge < -0.3 is 4.74 Å². The maximum atomic E-state index is 11.3. The predicted molar refractivity (Wildman–Crippen MR) is 57.5 cm³/mol. The van der Waals surface area contributed by atoms with Gasteiger partial charge in [0, 0.05) is 26.0 Å².